The van der Waals surface area contributed by atoms with Crippen molar-refractivity contribution in [2.75, 3.05) is 13.6 Å². The fraction of sp³-hybridized carbons (Fsp3) is 0.923. The topological polar surface area (TPSA) is 95.3 Å². The van der Waals surface area contributed by atoms with Crippen molar-refractivity contribution >= 4 is 16.9 Å². The molecule has 0 aromatic carbocycles. The van der Waals surface area contributed by atoms with E-state index in [9.17, 15) is 10.2 Å². The average molecular weight is 303 g/mol. The van der Waals surface area contributed by atoms with Crippen molar-refractivity contribution < 1.29 is 25.6 Å². The number of fused-ring (bicyclic) bond motifs is 1. The zero-order valence-electron chi connectivity index (χ0n) is 11.8. The Bertz CT molecular complexity index is 376. The fourth-order valence-electron chi connectivity index (χ4n) is 3.30. The molecular formula is C13H25N3O3S+2. The van der Waals surface area contributed by atoms with Gasteiger partial charge in [0.25, 0.3) is 5.17 Å². The summed E-state index contributed by atoms with van der Waals surface area (Å²) >= 11 is 1.55. The van der Waals surface area contributed by atoms with Crippen molar-refractivity contribution in [3.8, 4) is 0 Å². The molecule has 20 heavy (non-hydrogen) atoms. The summed E-state index contributed by atoms with van der Waals surface area (Å²) in [6.45, 7) is 0.720. The number of nitrogens with two attached hydrogens (primary N) is 2. The SMILES string of the molecule is C[NH2+]C1=N[C@@H]2[C@@H](O)[C@H](O)[C@@H](C[NH2+]C3CCCC3)O[C@@H]2S1. The first-order valence-electron chi connectivity index (χ1n) is 7.58. The number of amidine groups is 1. The third-order valence-electron chi connectivity index (χ3n) is 4.53. The standard InChI is InChI=1S/C13H23N3O3S/c1-14-13-16-9-11(18)10(17)8(19-12(9)20-13)6-15-7-4-2-3-5-7/h7-12,15,17-18H,2-6H2,1H3,(H,14,16)/p+2/t8-,9-,10-,11-,12-/m1/s1. The molecule has 1 aliphatic carbocycles. The van der Waals surface area contributed by atoms with E-state index in [-0.39, 0.29) is 17.6 Å². The minimum Gasteiger partial charge on any atom is -0.388 e. The minimum absolute atomic E-state index is 0.151. The van der Waals surface area contributed by atoms with Gasteiger partial charge in [-0.15, -0.1) is 0 Å². The lowest BCUT2D eigenvalue weighted by Crippen LogP contribution is -2.92. The summed E-state index contributed by atoms with van der Waals surface area (Å²) in [5.74, 6) is 0. The Morgan fingerprint density at radius 2 is 2.05 bits per heavy atom. The summed E-state index contributed by atoms with van der Waals surface area (Å²) < 4.78 is 5.97. The first-order valence-corrected chi connectivity index (χ1v) is 8.45. The van der Waals surface area contributed by atoms with Crippen LogP contribution in [-0.4, -0.2) is 64.8 Å². The zero-order valence-corrected chi connectivity index (χ0v) is 12.6. The lowest BCUT2D eigenvalue weighted by Gasteiger charge is -2.37. The monoisotopic (exact) mass is 303 g/mol. The van der Waals surface area contributed by atoms with E-state index >= 15 is 0 Å². The van der Waals surface area contributed by atoms with Gasteiger partial charge in [0, 0.05) is 0 Å². The van der Waals surface area contributed by atoms with Crippen molar-refractivity contribution in [3.63, 3.8) is 0 Å². The predicted molar refractivity (Wildman–Crippen MR) is 76.4 cm³/mol. The molecule has 3 rings (SSSR count). The molecule has 0 bridgehead atoms. The largest absolute Gasteiger partial charge is 0.388 e. The fourth-order valence-corrected chi connectivity index (χ4v) is 4.42. The number of aliphatic hydroxyl groups excluding tert-OH is 2. The highest BCUT2D eigenvalue weighted by Crippen LogP contribution is 2.34. The van der Waals surface area contributed by atoms with E-state index < -0.39 is 12.2 Å². The minimum atomic E-state index is -0.838. The molecule has 6 nitrogen and oxygen atoms in total. The lowest BCUT2D eigenvalue weighted by molar-refractivity contribution is -0.695. The average Bonchev–Trinajstić information content (AvgIpc) is 3.10. The number of thioether (sulfide) groups is 1. The van der Waals surface area contributed by atoms with Gasteiger partial charge in [0.05, 0.1) is 13.1 Å². The Hall–Kier alpha value is -0.180. The summed E-state index contributed by atoms with van der Waals surface area (Å²) in [6, 6.07) is 0.330. The first kappa shape index (κ1) is 14.7. The van der Waals surface area contributed by atoms with Crippen LogP contribution in [0.15, 0.2) is 4.99 Å². The molecule has 1 saturated carbocycles. The van der Waals surface area contributed by atoms with Gasteiger partial charge in [-0.2, -0.15) is 0 Å². The molecule has 2 heterocycles. The van der Waals surface area contributed by atoms with E-state index in [0.717, 1.165) is 11.7 Å². The molecule has 114 valence electrons. The van der Waals surface area contributed by atoms with Gasteiger partial charge in [0.2, 0.25) is 0 Å². The first-order chi connectivity index (χ1) is 9.69. The Labute approximate surface area is 123 Å². The van der Waals surface area contributed by atoms with Crippen LogP contribution in [0.3, 0.4) is 0 Å². The zero-order chi connectivity index (χ0) is 14.1. The van der Waals surface area contributed by atoms with Crippen LogP contribution in [0.4, 0.5) is 0 Å². The molecule has 0 spiro atoms. The van der Waals surface area contributed by atoms with Gasteiger partial charge in [0.15, 0.2) is 0 Å². The van der Waals surface area contributed by atoms with Crippen LogP contribution in [-0.2, 0) is 4.74 Å². The van der Waals surface area contributed by atoms with Crippen molar-refractivity contribution in [3.05, 3.63) is 0 Å². The Balaban J connectivity index is 1.57. The summed E-state index contributed by atoms with van der Waals surface area (Å²) in [5.41, 5.74) is -0.151. The third-order valence-corrected chi connectivity index (χ3v) is 5.74. The number of quaternary nitrogens is 2. The molecule has 0 aromatic heterocycles. The molecule has 3 aliphatic rings. The summed E-state index contributed by atoms with van der Waals surface area (Å²) in [4.78, 5) is 4.41. The Kier molecular flexibility index (Phi) is 4.64. The summed E-state index contributed by atoms with van der Waals surface area (Å²) in [6.07, 6.45) is 3.17. The second kappa shape index (κ2) is 6.29. The second-order valence-electron chi connectivity index (χ2n) is 5.90. The number of ether oxygens (including phenoxy) is 1. The van der Waals surface area contributed by atoms with Crippen molar-refractivity contribution in [1.82, 2.24) is 0 Å². The number of aliphatic hydroxyl groups is 2. The van der Waals surface area contributed by atoms with E-state index in [1.807, 2.05) is 12.4 Å². The van der Waals surface area contributed by atoms with Gasteiger partial charge in [-0.3, -0.25) is 5.32 Å². The molecule has 5 atom stereocenters. The number of hydrogen-bond acceptors (Lipinski definition) is 5. The summed E-state index contributed by atoms with van der Waals surface area (Å²) in [7, 11) is 1.93. The molecule has 0 radical (unpaired) electrons. The number of aliphatic imine (C=N–C) groups is 1. The maximum atomic E-state index is 10.2. The van der Waals surface area contributed by atoms with Crippen LogP contribution >= 0.6 is 11.8 Å². The lowest BCUT2D eigenvalue weighted by atomic mass is 9.98. The van der Waals surface area contributed by atoms with Gasteiger partial charge in [-0.25, -0.2) is 4.99 Å². The maximum Gasteiger partial charge on any atom is 0.258 e. The van der Waals surface area contributed by atoms with E-state index in [4.69, 9.17) is 4.74 Å². The maximum absolute atomic E-state index is 10.2. The van der Waals surface area contributed by atoms with Gasteiger partial charge >= 0.3 is 0 Å². The Morgan fingerprint density at radius 3 is 2.75 bits per heavy atom. The normalized spacial score (nSPS) is 41.8. The molecule has 0 unspecified atom stereocenters. The molecular weight excluding hydrogens is 278 g/mol. The van der Waals surface area contributed by atoms with Crippen LogP contribution < -0.4 is 10.6 Å². The number of nitrogens with zero attached hydrogens (tertiary/aromatic N) is 1. The van der Waals surface area contributed by atoms with Crippen LogP contribution in [0, 0.1) is 0 Å². The van der Waals surface area contributed by atoms with Gasteiger partial charge in [-0.1, -0.05) is 0 Å². The molecule has 2 aliphatic heterocycles. The molecule has 6 N–H and O–H groups in total. The smallest absolute Gasteiger partial charge is 0.258 e. The molecule has 7 heteroatoms. The number of hydrogen-bond donors (Lipinski definition) is 4. The third kappa shape index (κ3) is 2.88. The van der Waals surface area contributed by atoms with Gasteiger partial charge in [-0.05, 0) is 37.4 Å². The number of rotatable bonds is 3. The van der Waals surface area contributed by atoms with Crippen LogP contribution in [0.1, 0.15) is 25.7 Å². The van der Waals surface area contributed by atoms with E-state index in [2.05, 4.69) is 10.3 Å². The van der Waals surface area contributed by atoms with Crippen molar-refractivity contribution in [2.45, 2.75) is 61.5 Å². The van der Waals surface area contributed by atoms with E-state index in [1.54, 1.807) is 11.8 Å². The molecule has 2 fully saturated rings. The van der Waals surface area contributed by atoms with Crippen LogP contribution in [0.25, 0.3) is 0 Å². The van der Waals surface area contributed by atoms with Gasteiger partial charge < -0.3 is 20.3 Å². The Morgan fingerprint density at radius 1 is 1.30 bits per heavy atom. The van der Waals surface area contributed by atoms with Gasteiger partial charge in [0.1, 0.15) is 36.3 Å². The molecule has 0 aromatic rings. The highest BCUT2D eigenvalue weighted by atomic mass is 32.2. The quantitative estimate of drug-likeness (QED) is 0.468. The molecule has 1 saturated heterocycles. The van der Waals surface area contributed by atoms with E-state index in [1.165, 1.54) is 25.7 Å². The van der Waals surface area contributed by atoms with Crippen molar-refractivity contribution in [2.24, 2.45) is 4.99 Å². The molecule has 0 amide bonds. The summed E-state index contributed by atoms with van der Waals surface area (Å²) in [5, 5.41) is 25.6. The highest BCUT2D eigenvalue weighted by Gasteiger charge is 2.49. The predicted octanol–water partition coefficient (Wildman–Crippen LogP) is -2.40. The van der Waals surface area contributed by atoms with Crippen LogP contribution in [0.2, 0.25) is 0 Å². The van der Waals surface area contributed by atoms with Crippen LogP contribution in [0.5, 0.6) is 0 Å². The van der Waals surface area contributed by atoms with E-state index in [0.29, 0.717) is 6.04 Å². The second-order valence-corrected chi connectivity index (χ2v) is 7.02. The highest BCUT2D eigenvalue weighted by molar-refractivity contribution is 8.14. The van der Waals surface area contributed by atoms with Crippen molar-refractivity contribution in [1.29, 1.82) is 0 Å².